The number of thioether (sulfide) groups is 1. The molecule has 3 nitrogen and oxygen atoms in total. The Hall–Kier alpha value is -1.88. The van der Waals surface area contributed by atoms with Crippen LogP contribution in [-0.2, 0) is 4.79 Å². The third-order valence-corrected chi connectivity index (χ3v) is 4.14. The van der Waals surface area contributed by atoms with Gasteiger partial charge in [0.1, 0.15) is 11.2 Å². The minimum atomic E-state index is -0.341. The average molecular weight is 274 g/mol. The summed E-state index contributed by atoms with van der Waals surface area (Å²) < 4.78 is 13.3. The molecule has 96 valence electrons. The van der Waals surface area contributed by atoms with E-state index in [4.69, 9.17) is 0 Å². The van der Waals surface area contributed by atoms with Gasteiger partial charge in [0.2, 0.25) is 5.91 Å². The van der Waals surface area contributed by atoms with Gasteiger partial charge in [0, 0.05) is 23.6 Å². The first-order chi connectivity index (χ1) is 9.25. The van der Waals surface area contributed by atoms with Crippen LogP contribution in [0.15, 0.2) is 48.8 Å². The van der Waals surface area contributed by atoms with Crippen LogP contribution < -0.4 is 4.90 Å². The predicted octanol–water partition coefficient (Wildman–Crippen LogP) is 3.00. The van der Waals surface area contributed by atoms with Crippen LogP contribution in [-0.4, -0.2) is 16.6 Å². The summed E-state index contributed by atoms with van der Waals surface area (Å²) >= 11 is 1.53. The third kappa shape index (κ3) is 2.33. The lowest BCUT2D eigenvalue weighted by Gasteiger charge is -2.24. The lowest BCUT2D eigenvalue weighted by atomic mass is 10.2. The van der Waals surface area contributed by atoms with Gasteiger partial charge in [-0.25, -0.2) is 4.39 Å². The molecule has 1 aliphatic rings. The van der Waals surface area contributed by atoms with Gasteiger partial charge in [-0.2, -0.15) is 0 Å². The number of aromatic nitrogens is 1. The fourth-order valence-corrected chi connectivity index (χ4v) is 3.26. The zero-order valence-electron chi connectivity index (χ0n) is 9.99. The van der Waals surface area contributed by atoms with Gasteiger partial charge < -0.3 is 0 Å². The molecular weight excluding hydrogens is 263 g/mol. The number of pyridine rings is 1. The number of hydrogen-bond donors (Lipinski definition) is 0. The highest BCUT2D eigenvalue weighted by Crippen LogP contribution is 2.41. The zero-order valence-corrected chi connectivity index (χ0v) is 10.8. The van der Waals surface area contributed by atoms with Gasteiger partial charge in [-0.3, -0.25) is 14.7 Å². The number of benzene rings is 1. The molecule has 0 bridgehead atoms. The van der Waals surface area contributed by atoms with Crippen LogP contribution in [0.2, 0.25) is 0 Å². The molecule has 0 radical (unpaired) electrons. The smallest absolute Gasteiger partial charge is 0.238 e. The summed E-state index contributed by atoms with van der Waals surface area (Å²) in [6, 6.07) is 9.87. The molecule has 1 aromatic carbocycles. The summed E-state index contributed by atoms with van der Waals surface area (Å²) in [6.45, 7) is 0. The molecule has 19 heavy (non-hydrogen) atoms. The summed E-state index contributed by atoms with van der Waals surface area (Å²) in [5.74, 6) is 0.0485. The van der Waals surface area contributed by atoms with Crippen LogP contribution in [0.3, 0.4) is 0 Å². The number of nitrogens with zero attached hydrogens (tertiary/aromatic N) is 2. The van der Waals surface area contributed by atoms with Crippen molar-refractivity contribution in [3.8, 4) is 0 Å². The number of carbonyl (C=O) groups is 1. The molecule has 0 spiro atoms. The fourth-order valence-electron chi connectivity index (χ4n) is 2.10. The van der Waals surface area contributed by atoms with Crippen molar-refractivity contribution in [2.24, 2.45) is 0 Å². The van der Waals surface area contributed by atoms with Crippen molar-refractivity contribution in [1.82, 2.24) is 4.98 Å². The maximum atomic E-state index is 13.3. The molecule has 0 unspecified atom stereocenters. The first kappa shape index (κ1) is 12.2. The molecule has 1 amide bonds. The summed E-state index contributed by atoms with van der Waals surface area (Å²) in [6.07, 6.45) is 3.43. The molecule has 1 aliphatic heterocycles. The molecule has 1 saturated heterocycles. The van der Waals surface area contributed by atoms with Crippen molar-refractivity contribution < 1.29 is 9.18 Å². The molecule has 1 aromatic heterocycles. The molecule has 3 rings (SSSR count). The minimum Gasteiger partial charge on any atom is -0.295 e. The molecule has 2 aromatic rings. The quantitative estimate of drug-likeness (QED) is 0.844. The van der Waals surface area contributed by atoms with Crippen molar-refractivity contribution in [1.29, 1.82) is 0 Å². The van der Waals surface area contributed by atoms with E-state index in [0.29, 0.717) is 11.4 Å². The van der Waals surface area contributed by atoms with Gasteiger partial charge in [-0.15, -0.1) is 11.8 Å². The van der Waals surface area contributed by atoms with Crippen LogP contribution >= 0.6 is 11.8 Å². The van der Waals surface area contributed by atoms with E-state index < -0.39 is 0 Å². The standard InChI is InChI=1S/C14H11FN2OS/c15-11-4-1-5-12(7-11)17-13(18)9-19-14(17)10-3-2-6-16-8-10/h1-8,14H,9H2/t14-/m0/s1. The first-order valence-corrected chi connectivity index (χ1v) is 6.90. The number of rotatable bonds is 2. The summed E-state index contributed by atoms with van der Waals surface area (Å²) in [5, 5.41) is -0.136. The highest BCUT2D eigenvalue weighted by molar-refractivity contribution is 8.00. The molecule has 5 heteroatoms. The van der Waals surface area contributed by atoms with Gasteiger partial charge in [0.15, 0.2) is 0 Å². The number of hydrogen-bond acceptors (Lipinski definition) is 3. The monoisotopic (exact) mass is 274 g/mol. The predicted molar refractivity (Wildman–Crippen MR) is 73.3 cm³/mol. The van der Waals surface area contributed by atoms with Crippen LogP contribution in [0, 0.1) is 5.82 Å². The van der Waals surface area contributed by atoms with E-state index in [1.807, 2.05) is 12.1 Å². The first-order valence-electron chi connectivity index (χ1n) is 5.85. The molecule has 0 saturated carbocycles. The van der Waals surface area contributed by atoms with E-state index in [1.165, 1.54) is 23.9 Å². The summed E-state index contributed by atoms with van der Waals surface area (Å²) in [5.41, 5.74) is 1.53. The second kappa shape index (κ2) is 5.01. The molecule has 1 fully saturated rings. The van der Waals surface area contributed by atoms with Crippen molar-refractivity contribution >= 4 is 23.4 Å². The van der Waals surface area contributed by atoms with Crippen LogP contribution in [0.5, 0.6) is 0 Å². The van der Waals surface area contributed by atoms with Crippen molar-refractivity contribution in [3.63, 3.8) is 0 Å². The van der Waals surface area contributed by atoms with E-state index in [1.54, 1.807) is 29.4 Å². The Balaban J connectivity index is 2.00. The lowest BCUT2D eigenvalue weighted by Crippen LogP contribution is -2.27. The van der Waals surface area contributed by atoms with Gasteiger partial charge >= 0.3 is 0 Å². The summed E-state index contributed by atoms with van der Waals surface area (Å²) in [7, 11) is 0. The van der Waals surface area contributed by atoms with E-state index >= 15 is 0 Å². The topological polar surface area (TPSA) is 33.2 Å². The Morgan fingerprint density at radius 3 is 2.95 bits per heavy atom. The Morgan fingerprint density at radius 2 is 2.21 bits per heavy atom. The Kier molecular flexibility index (Phi) is 3.21. The molecule has 2 heterocycles. The molecule has 0 aliphatic carbocycles. The Bertz CT molecular complexity index is 605. The number of carbonyl (C=O) groups excluding carboxylic acids is 1. The third-order valence-electron chi connectivity index (χ3n) is 2.92. The van der Waals surface area contributed by atoms with Crippen molar-refractivity contribution in [2.75, 3.05) is 10.7 Å². The molecule has 0 N–H and O–H groups in total. The fraction of sp³-hybridized carbons (Fsp3) is 0.143. The Labute approximate surface area is 114 Å². The van der Waals surface area contributed by atoms with E-state index in [2.05, 4.69) is 4.98 Å². The van der Waals surface area contributed by atoms with Crippen LogP contribution in [0.1, 0.15) is 10.9 Å². The largest absolute Gasteiger partial charge is 0.295 e. The highest BCUT2D eigenvalue weighted by atomic mass is 32.2. The van der Waals surface area contributed by atoms with Gasteiger partial charge in [0.25, 0.3) is 0 Å². The second-order valence-electron chi connectivity index (χ2n) is 4.19. The maximum Gasteiger partial charge on any atom is 0.238 e. The number of amides is 1. The summed E-state index contributed by atoms with van der Waals surface area (Å²) in [4.78, 5) is 17.7. The average Bonchev–Trinajstić information content (AvgIpc) is 2.82. The highest BCUT2D eigenvalue weighted by Gasteiger charge is 2.34. The second-order valence-corrected chi connectivity index (χ2v) is 5.26. The van der Waals surface area contributed by atoms with Crippen molar-refractivity contribution in [3.05, 3.63) is 60.2 Å². The number of halogens is 1. The van der Waals surface area contributed by atoms with Gasteiger partial charge in [-0.05, 0) is 24.3 Å². The Morgan fingerprint density at radius 1 is 1.32 bits per heavy atom. The van der Waals surface area contributed by atoms with Crippen LogP contribution in [0.4, 0.5) is 10.1 Å². The molecular formula is C14H11FN2OS. The maximum absolute atomic E-state index is 13.3. The van der Waals surface area contributed by atoms with E-state index in [0.717, 1.165) is 5.56 Å². The molecule has 1 atom stereocenters. The van der Waals surface area contributed by atoms with Gasteiger partial charge in [0.05, 0.1) is 5.75 Å². The van der Waals surface area contributed by atoms with Gasteiger partial charge in [-0.1, -0.05) is 12.1 Å². The number of anilines is 1. The van der Waals surface area contributed by atoms with E-state index in [9.17, 15) is 9.18 Å². The van der Waals surface area contributed by atoms with E-state index in [-0.39, 0.29) is 17.1 Å². The van der Waals surface area contributed by atoms with Crippen molar-refractivity contribution in [2.45, 2.75) is 5.37 Å². The zero-order chi connectivity index (χ0) is 13.2. The normalized spacial score (nSPS) is 18.9. The SMILES string of the molecule is O=C1CS[C@@H](c2cccnc2)N1c1cccc(F)c1. The van der Waals surface area contributed by atoms with Crippen LogP contribution in [0.25, 0.3) is 0 Å². The minimum absolute atomic E-state index is 0.00977. The lowest BCUT2D eigenvalue weighted by molar-refractivity contribution is -0.115.